The molecule has 0 aliphatic heterocycles. The van der Waals surface area contributed by atoms with Gasteiger partial charge in [-0.3, -0.25) is 0 Å². The van der Waals surface area contributed by atoms with E-state index in [1.165, 1.54) is 0 Å². The number of alkyl halides is 3. The number of nitrogens with two attached hydrogens (primary N) is 1. The summed E-state index contributed by atoms with van der Waals surface area (Å²) in [5.74, 6) is 0.151. The van der Waals surface area contributed by atoms with Crippen molar-refractivity contribution in [2.24, 2.45) is 11.7 Å². The summed E-state index contributed by atoms with van der Waals surface area (Å²) < 4.78 is 40.1. The molecule has 0 bridgehead atoms. The predicted octanol–water partition coefficient (Wildman–Crippen LogP) is 1.94. The van der Waals surface area contributed by atoms with Crippen molar-refractivity contribution in [2.45, 2.75) is 32.5 Å². The zero-order valence-electron chi connectivity index (χ0n) is 7.90. The highest BCUT2D eigenvalue weighted by atomic mass is 19.4. The smallest absolute Gasteiger partial charge is 0.376 e. The largest absolute Gasteiger partial charge is 0.391 e. The van der Waals surface area contributed by atoms with Crippen LogP contribution in [0.25, 0.3) is 0 Å². The number of ether oxygens (including phenoxy) is 1. The van der Waals surface area contributed by atoms with E-state index in [4.69, 9.17) is 10.5 Å². The number of rotatable bonds is 5. The molecule has 5 heteroatoms. The van der Waals surface area contributed by atoms with Gasteiger partial charge in [0.05, 0.1) is 19.1 Å². The van der Waals surface area contributed by atoms with Crippen molar-refractivity contribution in [3.05, 3.63) is 0 Å². The molecule has 0 aromatic carbocycles. The van der Waals surface area contributed by atoms with Crippen molar-refractivity contribution in [3.63, 3.8) is 0 Å². The molecule has 2 nitrogen and oxygen atoms in total. The Labute approximate surface area is 76.2 Å². The number of halogens is 3. The minimum Gasteiger partial charge on any atom is -0.376 e. The molecule has 2 N–H and O–H groups in total. The SMILES string of the molecule is CC(C)C(CN)OCCC(F)(F)F. The molecule has 0 radical (unpaired) electrons. The van der Waals surface area contributed by atoms with Crippen molar-refractivity contribution < 1.29 is 17.9 Å². The van der Waals surface area contributed by atoms with Crippen LogP contribution < -0.4 is 5.73 Å². The minimum atomic E-state index is -4.14. The molecular weight excluding hydrogens is 183 g/mol. The summed E-state index contributed by atoms with van der Waals surface area (Å²) in [5.41, 5.74) is 5.32. The Hall–Kier alpha value is -0.290. The maximum atomic E-state index is 11.7. The summed E-state index contributed by atoms with van der Waals surface area (Å²) in [6.45, 7) is 3.69. The first-order chi connectivity index (χ1) is 5.87. The van der Waals surface area contributed by atoms with Gasteiger partial charge in [-0.2, -0.15) is 13.2 Å². The molecule has 0 aromatic heterocycles. The predicted molar refractivity (Wildman–Crippen MR) is 44.3 cm³/mol. The molecule has 0 heterocycles. The molecule has 0 aliphatic rings. The zero-order valence-corrected chi connectivity index (χ0v) is 7.90. The zero-order chi connectivity index (χ0) is 10.5. The van der Waals surface area contributed by atoms with Crippen molar-refractivity contribution in [1.29, 1.82) is 0 Å². The second-order valence-electron chi connectivity index (χ2n) is 3.25. The van der Waals surface area contributed by atoms with E-state index in [2.05, 4.69) is 0 Å². The fraction of sp³-hybridized carbons (Fsp3) is 1.00. The van der Waals surface area contributed by atoms with Gasteiger partial charge in [-0.25, -0.2) is 0 Å². The molecule has 0 saturated heterocycles. The molecule has 80 valence electrons. The second kappa shape index (κ2) is 5.44. The van der Waals surface area contributed by atoms with Gasteiger partial charge in [0.25, 0.3) is 0 Å². The van der Waals surface area contributed by atoms with Crippen LogP contribution in [0, 0.1) is 5.92 Å². The standard InChI is InChI=1S/C8H16F3NO/c1-6(2)7(5-12)13-4-3-8(9,10)11/h6-7H,3-5,12H2,1-2H3. The summed E-state index contributed by atoms with van der Waals surface area (Å²) in [6.07, 6.45) is -5.32. The van der Waals surface area contributed by atoms with Crippen LogP contribution in [0.5, 0.6) is 0 Å². The van der Waals surface area contributed by atoms with Gasteiger partial charge in [-0.1, -0.05) is 13.8 Å². The van der Waals surface area contributed by atoms with Crippen molar-refractivity contribution >= 4 is 0 Å². The van der Waals surface area contributed by atoms with Gasteiger partial charge in [0.15, 0.2) is 0 Å². The third kappa shape index (κ3) is 6.83. The molecule has 0 fully saturated rings. The summed E-state index contributed by atoms with van der Waals surface area (Å²) >= 11 is 0. The van der Waals surface area contributed by atoms with Crippen LogP contribution in [0.1, 0.15) is 20.3 Å². The van der Waals surface area contributed by atoms with Crippen LogP contribution >= 0.6 is 0 Å². The lowest BCUT2D eigenvalue weighted by atomic mass is 10.1. The maximum absolute atomic E-state index is 11.7. The quantitative estimate of drug-likeness (QED) is 0.734. The Bertz CT molecular complexity index is 136. The van der Waals surface area contributed by atoms with E-state index in [0.29, 0.717) is 0 Å². The molecule has 0 saturated carbocycles. The third-order valence-corrected chi connectivity index (χ3v) is 1.69. The normalized spacial score (nSPS) is 15.0. The number of hydrogen-bond donors (Lipinski definition) is 1. The summed E-state index contributed by atoms with van der Waals surface area (Å²) in [6, 6.07) is 0. The molecule has 1 unspecified atom stereocenters. The molecular formula is C8H16F3NO. The first kappa shape index (κ1) is 12.7. The average molecular weight is 199 g/mol. The third-order valence-electron chi connectivity index (χ3n) is 1.69. The lowest BCUT2D eigenvalue weighted by Gasteiger charge is -2.19. The van der Waals surface area contributed by atoms with Gasteiger partial charge in [-0.15, -0.1) is 0 Å². The highest BCUT2D eigenvalue weighted by molar-refractivity contribution is 4.63. The Morgan fingerprint density at radius 1 is 1.31 bits per heavy atom. The topological polar surface area (TPSA) is 35.2 Å². The van der Waals surface area contributed by atoms with Crippen LogP contribution in [-0.4, -0.2) is 25.4 Å². The fourth-order valence-corrected chi connectivity index (χ4v) is 0.859. The van der Waals surface area contributed by atoms with E-state index in [9.17, 15) is 13.2 Å². The molecule has 0 amide bonds. The van der Waals surface area contributed by atoms with E-state index in [-0.39, 0.29) is 25.2 Å². The Morgan fingerprint density at radius 2 is 1.85 bits per heavy atom. The highest BCUT2D eigenvalue weighted by Gasteiger charge is 2.27. The molecule has 0 aromatic rings. The molecule has 1 atom stereocenters. The first-order valence-electron chi connectivity index (χ1n) is 4.25. The van der Waals surface area contributed by atoms with Crippen LogP contribution in [0.4, 0.5) is 13.2 Å². The van der Waals surface area contributed by atoms with Gasteiger partial charge in [-0.05, 0) is 5.92 Å². The molecule has 13 heavy (non-hydrogen) atoms. The minimum absolute atomic E-state index is 0.151. The first-order valence-corrected chi connectivity index (χ1v) is 4.25. The summed E-state index contributed by atoms with van der Waals surface area (Å²) in [5, 5.41) is 0. The fourth-order valence-electron chi connectivity index (χ4n) is 0.859. The average Bonchev–Trinajstić information content (AvgIpc) is 1.95. The Balaban J connectivity index is 3.62. The van der Waals surface area contributed by atoms with Crippen LogP contribution in [0.3, 0.4) is 0 Å². The van der Waals surface area contributed by atoms with E-state index in [1.807, 2.05) is 13.8 Å². The van der Waals surface area contributed by atoms with Gasteiger partial charge >= 0.3 is 6.18 Å². The lowest BCUT2D eigenvalue weighted by Crippen LogP contribution is -2.30. The van der Waals surface area contributed by atoms with E-state index in [1.54, 1.807) is 0 Å². The monoisotopic (exact) mass is 199 g/mol. The Morgan fingerprint density at radius 3 is 2.15 bits per heavy atom. The van der Waals surface area contributed by atoms with Gasteiger partial charge < -0.3 is 10.5 Å². The van der Waals surface area contributed by atoms with Gasteiger partial charge in [0.2, 0.25) is 0 Å². The lowest BCUT2D eigenvalue weighted by molar-refractivity contribution is -0.150. The van der Waals surface area contributed by atoms with E-state index < -0.39 is 12.6 Å². The number of hydrogen-bond acceptors (Lipinski definition) is 2. The van der Waals surface area contributed by atoms with Crippen LogP contribution in [0.2, 0.25) is 0 Å². The maximum Gasteiger partial charge on any atom is 0.391 e. The Kier molecular flexibility index (Phi) is 5.32. The molecule has 0 rings (SSSR count). The second-order valence-corrected chi connectivity index (χ2v) is 3.25. The van der Waals surface area contributed by atoms with E-state index >= 15 is 0 Å². The van der Waals surface area contributed by atoms with Gasteiger partial charge in [0.1, 0.15) is 0 Å². The highest BCUT2D eigenvalue weighted by Crippen LogP contribution is 2.19. The van der Waals surface area contributed by atoms with Crippen LogP contribution in [-0.2, 0) is 4.74 Å². The molecule has 0 aliphatic carbocycles. The van der Waals surface area contributed by atoms with Crippen molar-refractivity contribution in [1.82, 2.24) is 0 Å². The van der Waals surface area contributed by atoms with E-state index in [0.717, 1.165) is 0 Å². The van der Waals surface area contributed by atoms with Crippen molar-refractivity contribution in [3.8, 4) is 0 Å². The molecule has 0 spiro atoms. The van der Waals surface area contributed by atoms with Crippen molar-refractivity contribution in [2.75, 3.05) is 13.2 Å². The van der Waals surface area contributed by atoms with Crippen LogP contribution in [0.15, 0.2) is 0 Å². The van der Waals surface area contributed by atoms with Gasteiger partial charge in [0, 0.05) is 6.54 Å². The summed E-state index contributed by atoms with van der Waals surface area (Å²) in [7, 11) is 0. The summed E-state index contributed by atoms with van der Waals surface area (Å²) in [4.78, 5) is 0.